The first-order valence-electron chi connectivity index (χ1n) is 7.79. The van der Waals surface area contributed by atoms with Gasteiger partial charge in [-0.2, -0.15) is 0 Å². The molecule has 1 atom stereocenters. The monoisotopic (exact) mass is 376 g/mol. The van der Waals surface area contributed by atoms with Gasteiger partial charge in [-0.1, -0.05) is 0 Å². The van der Waals surface area contributed by atoms with Crippen LogP contribution in [0.4, 0.5) is 0 Å². The fourth-order valence-corrected chi connectivity index (χ4v) is 1.25. The minimum Gasteiger partial charge on any atom is -0.453 e. The Balaban J connectivity index is 4.37. The van der Waals surface area contributed by atoms with Crippen molar-refractivity contribution >= 4 is 5.97 Å². The lowest BCUT2D eigenvalue weighted by atomic mass is 10.4. The number of hydrogen-bond donors (Lipinski definition) is 2. The number of rotatable bonds is 9. The fraction of sp³-hybridized carbons (Fsp3) is 0.318. The molecule has 0 saturated heterocycles. The Morgan fingerprint density at radius 3 is 1.86 bits per heavy atom. The van der Waals surface area contributed by atoms with Gasteiger partial charge in [0.25, 0.3) is 0 Å². The van der Waals surface area contributed by atoms with Gasteiger partial charge in [0, 0.05) is 5.92 Å². The van der Waals surface area contributed by atoms with E-state index in [1.807, 2.05) is 0 Å². The highest BCUT2D eigenvalue weighted by atomic mass is 16.6. The Morgan fingerprint density at radius 2 is 1.32 bits per heavy atom. The van der Waals surface area contributed by atoms with Gasteiger partial charge in [-0.25, -0.2) is 4.79 Å². The lowest BCUT2D eigenvalue weighted by Crippen LogP contribution is -2.28. The Morgan fingerprint density at radius 1 is 0.786 bits per heavy atom. The highest BCUT2D eigenvalue weighted by molar-refractivity contribution is 5.89. The lowest BCUT2D eigenvalue weighted by Gasteiger charge is -2.16. The van der Waals surface area contributed by atoms with Crippen molar-refractivity contribution < 1.29 is 29.2 Å². The summed E-state index contributed by atoms with van der Waals surface area (Å²) in [5.41, 5.74) is 0. The second kappa shape index (κ2) is 19.6. The Bertz CT molecular complexity index is 902. The molecule has 6 heteroatoms. The first-order chi connectivity index (χ1) is 13.7. The molecule has 0 spiro atoms. The van der Waals surface area contributed by atoms with Gasteiger partial charge in [-0.3, -0.25) is 0 Å². The van der Waals surface area contributed by atoms with Gasteiger partial charge in [0.1, 0.15) is 12.7 Å². The molecule has 0 aromatic rings. The number of ether oxygens (including phenoxy) is 3. The van der Waals surface area contributed by atoms with Crippen molar-refractivity contribution in [2.75, 3.05) is 39.6 Å². The summed E-state index contributed by atoms with van der Waals surface area (Å²) in [7, 11) is 0. The summed E-state index contributed by atoms with van der Waals surface area (Å²) in [6.07, 6.45) is 4.32. The fourth-order valence-electron chi connectivity index (χ4n) is 1.25. The third-order valence-electron chi connectivity index (χ3n) is 2.25. The first kappa shape index (κ1) is 24.2. The minimum absolute atomic E-state index is 0.0628. The molecule has 0 radical (unpaired) electrons. The second-order valence-corrected chi connectivity index (χ2v) is 4.26. The predicted octanol–water partition coefficient (Wildman–Crippen LogP) is -1.43. The zero-order chi connectivity index (χ0) is 20.7. The summed E-state index contributed by atoms with van der Waals surface area (Å²) in [5.74, 6) is 29.7. The van der Waals surface area contributed by atoms with E-state index in [-0.39, 0.29) is 39.6 Å². The SMILES string of the molecule is C#CC#CC#CC#CC#CC#CC#CC(=O)OCC(COCCO)OCCO. The van der Waals surface area contributed by atoms with Crippen molar-refractivity contribution in [3.05, 3.63) is 0 Å². The second-order valence-electron chi connectivity index (χ2n) is 4.26. The molecule has 0 aromatic carbocycles. The van der Waals surface area contributed by atoms with Crippen molar-refractivity contribution in [1.29, 1.82) is 0 Å². The topological polar surface area (TPSA) is 85.2 Å². The summed E-state index contributed by atoms with van der Waals surface area (Å²) in [5, 5.41) is 17.4. The summed E-state index contributed by atoms with van der Waals surface area (Å²) < 4.78 is 15.2. The Labute approximate surface area is 164 Å². The largest absolute Gasteiger partial charge is 0.453 e. The molecule has 0 aliphatic rings. The number of carbonyl (C=O) groups is 1. The van der Waals surface area contributed by atoms with Crippen molar-refractivity contribution in [3.63, 3.8) is 0 Å². The quantitative estimate of drug-likeness (QED) is 0.222. The Kier molecular flexibility index (Phi) is 16.9. The molecule has 140 valence electrons. The van der Waals surface area contributed by atoms with Gasteiger partial charge in [-0.15, -0.1) is 6.42 Å². The van der Waals surface area contributed by atoms with Crippen LogP contribution >= 0.6 is 0 Å². The molecular weight excluding hydrogens is 360 g/mol. The molecule has 2 N–H and O–H groups in total. The number of carbonyl (C=O) groups excluding carboxylic acids is 1. The number of aliphatic hydroxyl groups excluding tert-OH is 2. The van der Waals surface area contributed by atoms with Gasteiger partial charge in [0.05, 0.1) is 33.0 Å². The van der Waals surface area contributed by atoms with E-state index in [9.17, 15) is 4.79 Å². The number of aliphatic hydroxyl groups is 2. The van der Waals surface area contributed by atoms with E-state index in [1.165, 1.54) is 0 Å². The van der Waals surface area contributed by atoms with Crippen LogP contribution in [0, 0.1) is 83.4 Å². The third kappa shape index (κ3) is 17.1. The predicted molar refractivity (Wildman–Crippen MR) is 101 cm³/mol. The van der Waals surface area contributed by atoms with E-state index in [4.69, 9.17) is 30.8 Å². The number of terminal acetylenes is 1. The van der Waals surface area contributed by atoms with Crippen LogP contribution in [0.1, 0.15) is 0 Å². The van der Waals surface area contributed by atoms with Gasteiger partial charge >= 0.3 is 5.97 Å². The molecule has 0 bridgehead atoms. The Hall–Kier alpha value is -3.77. The van der Waals surface area contributed by atoms with Crippen molar-refractivity contribution in [1.82, 2.24) is 0 Å². The van der Waals surface area contributed by atoms with Crippen LogP contribution in [0.2, 0.25) is 0 Å². The molecule has 0 fully saturated rings. The van der Waals surface area contributed by atoms with Gasteiger partial charge in [-0.05, 0) is 71.0 Å². The standard InChI is InChI=1S/C22H16O6/c1-2-3-4-5-6-7-8-9-10-11-12-13-14-22(25)28-20-21(27-18-16-24)19-26-17-15-23/h1,21,23-24H,15-20H2. The molecular formula is C22H16O6. The molecule has 6 nitrogen and oxygen atoms in total. The van der Waals surface area contributed by atoms with Crippen molar-refractivity contribution in [2.45, 2.75) is 6.10 Å². The smallest absolute Gasteiger partial charge is 0.385 e. The molecule has 0 aliphatic heterocycles. The maximum absolute atomic E-state index is 11.5. The van der Waals surface area contributed by atoms with E-state index in [1.54, 1.807) is 0 Å². The van der Waals surface area contributed by atoms with Crippen LogP contribution in [0.15, 0.2) is 0 Å². The minimum atomic E-state index is -0.801. The first-order valence-corrected chi connectivity index (χ1v) is 7.79. The van der Waals surface area contributed by atoms with Gasteiger partial charge < -0.3 is 24.4 Å². The van der Waals surface area contributed by atoms with Gasteiger partial charge in [0.2, 0.25) is 0 Å². The van der Waals surface area contributed by atoms with E-state index in [0.717, 1.165) is 0 Å². The lowest BCUT2D eigenvalue weighted by molar-refractivity contribution is -0.143. The summed E-state index contributed by atoms with van der Waals surface area (Å²) >= 11 is 0. The van der Waals surface area contributed by atoms with Crippen LogP contribution in [-0.2, 0) is 19.0 Å². The molecule has 0 rings (SSSR count). The average Bonchev–Trinajstić information content (AvgIpc) is 2.70. The molecule has 0 saturated carbocycles. The van der Waals surface area contributed by atoms with Gasteiger partial charge in [0.15, 0.2) is 0 Å². The molecule has 0 heterocycles. The van der Waals surface area contributed by atoms with E-state index >= 15 is 0 Å². The zero-order valence-corrected chi connectivity index (χ0v) is 14.9. The molecule has 1 unspecified atom stereocenters. The van der Waals surface area contributed by atoms with Crippen LogP contribution in [0.25, 0.3) is 0 Å². The highest BCUT2D eigenvalue weighted by Gasteiger charge is 2.12. The molecule has 28 heavy (non-hydrogen) atoms. The van der Waals surface area contributed by atoms with Crippen molar-refractivity contribution in [2.24, 2.45) is 0 Å². The van der Waals surface area contributed by atoms with Crippen LogP contribution in [0.3, 0.4) is 0 Å². The summed E-state index contributed by atoms with van der Waals surface area (Å²) in [4.78, 5) is 11.5. The van der Waals surface area contributed by atoms with E-state index in [0.29, 0.717) is 0 Å². The molecule has 0 amide bonds. The number of esters is 1. The van der Waals surface area contributed by atoms with Crippen LogP contribution in [0.5, 0.6) is 0 Å². The third-order valence-corrected chi connectivity index (χ3v) is 2.25. The van der Waals surface area contributed by atoms with Crippen LogP contribution in [-0.4, -0.2) is 61.9 Å². The molecule has 0 aromatic heterocycles. The number of hydrogen-bond acceptors (Lipinski definition) is 6. The van der Waals surface area contributed by atoms with E-state index < -0.39 is 12.1 Å². The van der Waals surface area contributed by atoms with E-state index in [2.05, 4.69) is 77.0 Å². The average molecular weight is 376 g/mol. The maximum Gasteiger partial charge on any atom is 0.385 e. The highest BCUT2D eigenvalue weighted by Crippen LogP contribution is 1.96. The van der Waals surface area contributed by atoms with Crippen LogP contribution < -0.4 is 0 Å². The summed E-state index contributed by atoms with van der Waals surface area (Å²) in [6, 6.07) is 0. The van der Waals surface area contributed by atoms with Crippen molar-refractivity contribution in [3.8, 4) is 83.4 Å². The zero-order valence-electron chi connectivity index (χ0n) is 14.9. The summed E-state index contributed by atoms with van der Waals surface area (Å²) in [6.45, 7) is -0.155. The molecule has 0 aliphatic carbocycles. The maximum atomic E-state index is 11.5. The normalized spacial score (nSPS) is 8.46.